The number of hydrogen-bond donors (Lipinski definition) is 1. The molecule has 0 fully saturated rings. The summed E-state index contributed by atoms with van der Waals surface area (Å²) in [5.41, 5.74) is 6.87. The van der Waals surface area contributed by atoms with E-state index in [1.807, 2.05) is 11.5 Å². The monoisotopic (exact) mass is 365 g/mol. The first kappa shape index (κ1) is 19.4. The molecule has 1 atom stereocenters. The van der Waals surface area contributed by atoms with Crippen molar-refractivity contribution < 1.29 is 23.8 Å². The van der Waals surface area contributed by atoms with Gasteiger partial charge in [-0.05, 0) is 12.8 Å². The molecule has 0 spiro atoms. The van der Waals surface area contributed by atoms with Crippen molar-refractivity contribution in [3.05, 3.63) is 12.5 Å². The van der Waals surface area contributed by atoms with Crippen LogP contribution in [0, 0.1) is 5.92 Å². The number of rotatable bonds is 9. The lowest BCUT2D eigenvalue weighted by Crippen LogP contribution is -2.22. The number of esters is 1. The lowest BCUT2D eigenvalue weighted by atomic mass is 10.1. The Kier molecular flexibility index (Phi) is 7.12. The van der Waals surface area contributed by atoms with Gasteiger partial charge in [-0.1, -0.05) is 6.92 Å². The van der Waals surface area contributed by atoms with E-state index >= 15 is 0 Å². The maximum atomic E-state index is 11.5. The van der Waals surface area contributed by atoms with Crippen LogP contribution in [0.5, 0.6) is 0 Å². The first-order chi connectivity index (χ1) is 12.5. The molecule has 0 radical (unpaired) electrons. The highest BCUT2D eigenvalue weighted by molar-refractivity contribution is 5.70. The summed E-state index contributed by atoms with van der Waals surface area (Å²) in [6.07, 6.45) is 3.75. The zero-order valence-corrected chi connectivity index (χ0v) is 14.9. The molecule has 2 N–H and O–H groups in total. The van der Waals surface area contributed by atoms with Gasteiger partial charge in [-0.15, -0.1) is 0 Å². The number of carbonyl (C=O) groups is 2. The molecule has 0 aliphatic rings. The van der Waals surface area contributed by atoms with Crippen LogP contribution in [0.15, 0.2) is 12.5 Å². The van der Waals surface area contributed by atoms with Crippen molar-refractivity contribution in [1.82, 2.24) is 19.5 Å². The minimum atomic E-state index is -0.728. The SMILES string of the molecule is CCCOC(=O)OCC(CCn1cnc2cnc(N)nc21)COC(C)=O. The quantitative estimate of drug-likeness (QED) is 0.657. The number of aryl methyl sites for hydroxylation is 1. The largest absolute Gasteiger partial charge is 0.508 e. The van der Waals surface area contributed by atoms with Crippen molar-refractivity contribution in [3.8, 4) is 0 Å². The number of nitrogens with two attached hydrogens (primary N) is 1. The van der Waals surface area contributed by atoms with E-state index in [0.717, 1.165) is 0 Å². The molecule has 0 aliphatic carbocycles. The van der Waals surface area contributed by atoms with Crippen LogP contribution in [0.25, 0.3) is 11.2 Å². The minimum absolute atomic E-state index is 0.0829. The normalized spacial score (nSPS) is 11.9. The highest BCUT2D eigenvalue weighted by Gasteiger charge is 2.16. The van der Waals surface area contributed by atoms with E-state index in [2.05, 4.69) is 15.0 Å². The first-order valence-electron chi connectivity index (χ1n) is 8.35. The number of fused-ring (bicyclic) bond motifs is 1. The second-order valence-electron chi connectivity index (χ2n) is 5.74. The van der Waals surface area contributed by atoms with Gasteiger partial charge < -0.3 is 24.5 Å². The smallest absolute Gasteiger partial charge is 0.465 e. The predicted molar refractivity (Wildman–Crippen MR) is 92.1 cm³/mol. The van der Waals surface area contributed by atoms with Gasteiger partial charge in [-0.2, -0.15) is 4.98 Å². The summed E-state index contributed by atoms with van der Waals surface area (Å²) >= 11 is 0. The van der Waals surface area contributed by atoms with Crippen LogP contribution in [0.4, 0.5) is 10.7 Å². The highest BCUT2D eigenvalue weighted by Crippen LogP contribution is 2.14. The van der Waals surface area contributed by atoms with E-state index in [4.69, 9.17) is 19.9 Å². The summed E-state index contributed by atoms with van der Waals surface area (Å²) in [7, 11) is 0. The molecule has 0 saturated heterocycles. The third-order valence-electron chi connectivity index (χ3n) is 3.54. The van der Waals surface area contributed by atoms with Gasteiger partial charge >= 0.3 is 12.1 Å². The molecule has 0 amide bonds. The van der Waals surface area contributed by atoms with E-state index in [0.29, 0.717) is 37.2 Å². The Bertz CT molecular complexity index is 748. The second kappa shape index (κ2) is 9.54. The maximum absolute atomic E-state index is 11.5. The molecule has 2 rings (SSSR count). The Labute approximate surface area is 150 Å². The molecule has 0 aliphatic heterocycles. The highest BCUT2D eigenvalue weighted by atomic mass is 16.7. The number of aromatic nitrogens is 4. The number of nitrogen functional groups attached to an aromatic ring is 1. The van der Waals surface area contributed by atoms with Gasteiger partial charge in [0.2, 0.25) is 5.95 Å². The molecule has 0 bridgehead atoms. The lowest BCUT2D eigenvalue weighted by Gasteiger charge is -2.17. The molecule has 10 nitrogen and oxygen atoms in total. The third kappa shape index (κ3) is 5.87. The molecule has 2 aromatic rings. The molecule has 26 heavy (non-hydrogen) atoms. The van der Waals surface area contributed by atoms with Gasteiger partial charge in [0.15, 0.2) is 5.65 Å². The molecule has 1 unspecified atom stereocenters. The molecule has 2 aromatic heterocycles. The Morgan fingerprint density at radius 1 is 1.23 bits per heavy atom. The Morgan fingerprint density at radius 2 is 2.00 bits per heavy atom. The van der Waals surface area contributed by atoms with Crippen LogP contribution in [-0.2, 0) is 25.5 Å². The number of nitrogens with zero attached hydrogens (tertiary/aromatic N) is 4. The zero-order valence-electron chi connectivity index (χ0n) is 14.9. The molecule has 10 heteroatoms. The Hall–Kier alpha value is -2.91. The first-order valence-corrected chi connectivity index (χ1v) is 8.35. The van der Waals surface area contributed by atoms with Crippen LogP contribution in [0.2, 0.25) is 0 Å². The summed E-state index contributed by atoms with van der Waals surface area (Å²) in [5, 5.41) is 0. The zero-order chi connectivity index (χ0) is 18.9. The minimum Gasteiger partial charge on any atom is -0.465 e. The number of anilines is 1. The van der Waals surface area contributed by atoms with Crippen LogP contribution < -0.4 is 5.73 Å². The predicted octanol–water partition coefficient (Wildman–Crippen LogP) is 1.54. The van der Waals surface area contributed by atoms with Gasteiger partial charge in [0.05, 0.1) is 25.7 Å². The van der Waals surface area contributed by atoms with Crippen LogP contribution >= 0.6 is 0 Å². The van der Waals surface area contributed by atoms with Crippen molar-refractivity contribution >= 4 is 29.2 Å². The summed E-state index contributed by atoms with van der Waals surface area (Å²) in [6, 6.07) is 0. The van der Waals surface area contributed by atoms with Crippen LogP contribution in [0.1, 0.15) is 26.7 Å². The maximum Gasteiger partial charge on any atom is 0.508 e. The van der Waals surface area contributed by atoms with Crippen molar-refractivity contribution in [2.75, 3.05) is 25.6 Å². The van der Waals surface area contributed by atoms with E-state index in [9.17, 15) is 9.59 Å². The van der Waals surface area contributed by atoms with E-state index in [1.54, 1.807) is 12.5 Å². The van der Waals surface area contributed by atoms with Gasteiger partial charge in [-0.25, -0.2) is 14.8 Å². The fraction of sp³-hybridized carbons (Fsp3) is 0.562. The average molecular weight is 365 g/mol. The molecule has 0 aromatic carbocycles. The number of imidazole rings is 1. The summed E-state index contributed by atoms with van der Waals surface area (Å²) in [4.78, 5) is 34.8. The summed E-state index contributed by atoms with van der Waals surface area (Å²) < 4.78 is 16.8. The average Bonchev–Trinajstić information content (AvgIpc) is 3.01. The second-order valence-corrected chi connectivity index (χ2v) is 5.74. The lowest BCUT2D eigenvalue weighted by molar-refractivity contribution is -0.142. The Morgan fingerprint density at radius 3 is 2.73 bits per heavy atom. The molecule has 0 saturated carbocycles. The van der Waals surface area contributed by atoms with E-state index < -0.39 is 12.1 Å². The van der Waals surface area contributed by atoms with E-state index in [-0.39, 0.29) is 25.1 Å². The standard InChI is InChI=1S/C16H23N5O5/c1-3-6-24-16(23)26-9-12(8-25-11(2)22)4-5-21-10-19-13-7-18-15(17)20-14(13)21/h7,10,12H,3-6,8-9H2,1-2H3,(H2,17,18,20). The van der Waals surface area contributed by atoms with Gasteiger partial charge in [0, 0.05) is 19.4 Å². The fourth-order valence-electron chi connectivity index (χ4n) is 2.22. The van der Waals surface area contributed by atoms with Gasteiger partial charge in [0.1, 0.15) is 12.1 Å². The topological polar surface area (TPSA) is 131 Å². The third-order valence-corrected chi connectivity index (χ3v) is 3.54. The molecular formula is C16H23N5O5. The van der Waals surface area contributed by atoms with Crippen molar-refractivity contribution in [3.63, 3.8) is 0 Å². The van der Waals surface area contributed by atoms with Crippen molar-refractivity contribution in [2.45, 2.75) is 33.2 Å². The molecular weight excluding hydrogens is 342 g/mol. The van der Waals surface area contributed by atoms with Crippen molar-refractivity contribution in [1.29, 1.82) is 0 Å². The van der Waals surface area contributed by atoms with E-state index in [1.165, 1.54) is 6.92 Å². The molecule has 2 heterocycles. The van der Waals surface area contributed by atoms with Gasteiger partial charge in [0.25, 0.3) is 0 Å². The summed E-state index contributed by atoms with van der Waals surface area (Å²) in [5.74, 6) is -0.417. The fourth-order valence-corrected chi connectivity index (χ4v) is 2.22. The molecule has 142 valence electrons. The summed E-state index contributed by atoms with van der Waals surface area (Å²) in [6.45, 7) is 4.28. The van der Waals surface area contributed by atoms with Crippen LogP contribution in [-0.4, -0.2) is 51.5 Å². The Balaban J connectivity index is 1.95. The number of carbonyl (C=O) groups excluding carboxylic acids is 2. The van der Waals surface area contributed by atoms with Gasteiger partial charge in [-0.3, -0.25) is 4.79 Å². The van der Waals surface area contributed by atoms with Crippen LogP contribution in [0.3, 0.4) is 0 Å². The number of ether oxygens (including phenoxy) is 3. The number of hydrogen-bond acceptors (Lipinski definition) is 9. The van der Waals surface area contributed by atoms with Crippen molar-refractivity contribution in [2.24, 2.45) is 5.92 Å².